The molecule has 0 aliphatic heterocycles. The number of anilines is 2. The molecule has 0 bridgehead atoms. The Hall–Kier alpha value is -1.81. The van der Waals surface area contributed by atoms with Crippen molar-refractivity contribution >= 4 is 21.2 Å². The predicted octanol–water partition coefficient (Wildman–Crippen LogP) is 0.838. The number of benzene rings is 1. The van der Waals surface area contributed by atoms with Crippen LogP contribution in [-0.4, -0.2) is 60.4 Å². The van der Waals surface area contributed by atoms with Crippen LogP contribution < -0.4 is 16.2 Å². The zero-order valence-corrected chi connectivity index (χ0v) is 15.0. The molecule has 4 N–H and O–H groups in total. The van der Waals surface area contributed by atoms with E-state index >= 15 is 0 Å². The molecule has 25 heavy (non-hydrogen) atoms. The monoisotopic (exact) mass is 374 g/mol. The Balaban J connectivity index is 1.90. The van der Waals surface area contributed by atoms with Crippen molar-refractivity contribution in [1.29, 1.82) is 0 Å². The number of sulfone groups is 1. The van der Waals surface area contributed by atoms with Gasteiger partial charge < -0.3 is 30.4 Å². The molecule has 0 aromatic heterocycles. The zero-order valence-electron chi connectivity index (χ0n) is 14.2. The number of hydrogen-bond donors (Lipinski definition) is 2. The molecule has 0 heterocycles. The predicted molar refractivity (Wildman–Crippen MR) is 97.2 cm³/mol. The van der Waals surface area contributed by atoms with Gasteiger partial charge in [0, 0.05) is 11.5 Å². The highest BCUT2D eigenvalue weighted by Crippen LogP contribution is 2.21. The third kappa shape index (κ3) is 9.92. The van der Waals surface area contributed by atoms with Crippen molar-refractivity contribution in [2.24, 2.45) is 0 Å². The Labute approximate surface area is 148 Å². The van der Waals surface area contributed by atoms with Crippen LogP contribution in [0.25, 0.3) is 0 Å². The minimum Gasteiger partial charge on any atom is -0.491 e. The topological polar surface area (TPSA) is 123 Å². The lowest BCUT2D eigenvalue weighted by Gasteiger charge is -2.09. The number of hydrogen-bond acceptors (Lipinski definition) is 8. The molecular formula is C16H26N2O6S. The van der Waals surface area contributed by atoms with Gasteiger partial charge in [-0.1, -0.05) is 6.58 Å². The molecule has 0 saturated carbocycles. The van der Waals surface area contributed by atoms with Crippen molar-refractivity contribution in [3.05, 3.63) is 30.2 Å². The second-order valence-corrected chi connectivity index (χ2v) is 7.08. The number of nitrogens with two attached hydrogens (primary N) is 2. The number of nitrogen functional groups attached to an aromatic ring is 2. The van der Waals surface area contributed by atoms with Crippen molar-refractivity contribution < 1.29 is 27.4 Å². The second kappa shape index (κ2) is 11.7. The third-order valence-electron chi connectivity index (χ3n) is 3.06. The summed E-state index contributed by atoms with van der Waals surface area (Å²) in [5.41, 5.74) is 12.3. The van der Waals surface area contributed by atoms with E-state index in [1.54, 1.807) is 18.2 Å². The van der Waals surface area contributed by atoms with Gasteiger partial charge in [0.15, 0.2) is 9.84 Å². The molecule has 0 saturated heterocycles. The van der Waals surface area contributed by atoms with E-state index in [-0.39, 0.29) is 12.4 Å². The van der Waals surface area contributed by atoms with Gasteiger partial charge in [-0.05, 0) is 12.1 Å². The molecule has 0 spiro atoms. The Bertz CT molecular complexity index is 621. The van der Waals surface area contributed by atoms with Crippen LogP contribution in [0.5, 0.6) is 5.75 Å². The fourth-order valence-electron chi connectivity index (χ4n) is 1.66. The summed E-state index contributed by atoms with van der Waals surface area (Å²) in [6, 6.07) is 5.10. The SMILES string of the molecule is C=CS(=O)(=O)CCOCCOCCOCCOc1ccc(N)c(N)c1. The normalized spacial score (nSPS) is 11.4. The van der Waals surface area contributed by atoms with E-state index in [0.29, 0.717) is 56.8 Å². The molecular weight excluding hydrogens is 348 g/mol. The standard InChI is InChI=1S/C16H26N2O6S/c1-2-25(19,20)12-11-23-8-7-21-5-6-22-9-10-24-14-3-4-15(17)16(18)13-14/h2-4,13H,1,5-12,17-18H2. The molecule has 0 radical (unpaired) electrons. The van der Waals surface area contributed by atoms with Gasteiger partial charge in [-0.2, -0.15) is 0 Å². The smallest absolute Gasteiger partial charge is 0.173 e. The lowest BCUT2D eigenvalue weighted by atomic mass is 10.2. The van der Waals surface area contributed by atoms with Gasteiger partial charge in [-0.25, -0.2) is 8.42 Å². The Morgan fingerprint density at radius 1 is 0.880 bits per heavy atom. The van der Waals surface area contributed by atoms with E-state index in [1.807, 2.05) is 0 Å². The van der Waals surface area contributed by atoms with Gasteiger partial charge >= 0.3 is 0 Å². The van der Waals surface area contributed by atoms with Gasteiger partial charge in [0.2, 0.25) is 0 Å². The van der Waals surface area contributed by atoms with Crippen molar-refractivity contribution in [3.63, 3.8) is 0 Å². The van der Waals surface area contributed by atoms with E-state index in [1.165, 1.54) is 0 Å². The molecule has 142 valence electrons. The maximum absolute atomic E-state index is 11.1. The molecule has 0 aliphatic carbocycles. The first-order chi connectivity index (χ1) is 11.9. The fraction of sp³-hybridized carbons (Fsp3) is 0.500. The summed E-state index contributed by atoms with van der Waals surface area (Å²) in [5, 5.41) is 0.927. The van der Waals surface area contributed by atoms with Crippen LogP contribution in [-0.2, 0) is 24.0 Å². The van der Waals surface area contributed by atoms with Crippen LogP contribution >= 0.6 is 0 Å². The summed E-state index contributed by atoms with van der Waals surface area (Å²) in [6.07, 6.45) is 0. The second-order valence-electron chi connectivity index (χ2n) is 5.01. The maximum atomic E-state index is 11.1. The van der Waals surface area contributed by atoms with Crippen LogP contribution in [0.15, 0.2) is 30.2 Å². The van der Waals surface area contributed by atoms with E-state index in [2.05, 4.69) is 6.58 Å². The quantitative estimate of drug-likeness (QED) is 0.363. The summed E-state index contributed by atoms with van der Waals surface area (Å²) >= 11 is 0. The van der Waals surface area contributed by atoms with Crippen molar-refractivity contribution in [3.8, 4) is 5.75 Å². The van der Waals surface area contributed by atoms with Gasteiger partial charge in [0.1, 0.15) is 12.4 Å². The van der Waals surface area contributed by atoms with Gasteiger partial charge in [-0.15, -0.1) is 0 Å². The molecule has 0 aliphatic rings. The summed E-state index contributed by atoms with van der Waals surface area (Å²) in [4.78, 5) is 0. The molecule has 0 fully saturated rings. The first-order valence-electron chi connectivity index (χ1n) is 7.81. The van der Waals surface area contributed by atoms with Crippen LogP contribution in [0.4, 0.5) is 11.4 Å². The summed E-state index contributed by atoms with van der Waals surface area (Å²) < 4.78 is 43.5. The molecule has 9 heteroatoms. The molecule has 1 aromatic carbocycles. The average molecular weight is 374 g/mol. The highest BCUT2D eigenvalue weighted by molar-refractivity contribution is 7.94. The van der Waals surface area contributed by atoms with Gasteiger partial charge in [0.25, 0.3) is 0 Å². The maximum Gasteiger partial charge on any atom is 0.173 e. The van der Waals surface area contributed by atoms with Crippen LogP contribution in [0.1, 0.15) is 0 Å². The summed E-state index contributed by atoms with van der Waals surface area (Å²) in [6.45, 7) is 5.71. The third-order valence-corrected chi connectivity index (χ3v) is 4.31. The van der Waals surface area contributed by atoms with Crippen molar-refractivity contribution in [2.45, 2.75) is 0 Å². The Morgan fingerprint density at radius 3 is 2.00 bits per heavy atom. The minimum absolute atomic E-state index is 0.0702. The lowest BCUT2D eigenvalue weighted by Crippen LogP contribution is -2.14. The number of rotatable bonds is 14. The van der Waals surface area contributed by atoms with E-state index in [4.69, 9.17) is 30.4 Å². The molecule has 0 atom stereocenters. The first kappa shape index (κ1) is 21.2. The molecule has 8 nitrogen and oxygen atoms in total. The minimum atomic E-state index is -3.20. The van der Waals surface area contributed by atoms with Crippen LogP contribution in [0.3, 0.4) is 0 Å². The summed E-state index contributed by atoms with van der Waals surface area (Å²) in [7, 11) is -3.20. The zero-order chi connectivity index (χ0) is 18.5. The lowest BCUT2D eigenvalue weighted by molar-refractivity contribution is 0.0117. The fourth-order valence-corrected chi connectivity index (χ4v) is 2.18. The average Bonchev–Trinajstić information content (AvgIpc) is 2.59. The van der Waals surface area contributed by atoms with Gasteiger partial charge in [0.05, 0.1) is 56.8 Å². The number of ether oxygens (including phenoxy) is 4. The van der Waals surface area contributed by atoms with E-state index < -0.39 is 9.84 Å². The first-order valence-corrected chi connectivity index (χ1v) is 9.52. The van der Waals surface area contributed by atoms with Gasteiger partial charge in [-0.3, -0.25) is 0 Å². The van der Waals surface area contributed by atoms with Crippen LogP contribution in [0.2, 0.25) is 0 Å². The van der Waals surface area contributed by atoms with Crippen LogP contribution in [0, 0.1) is 0 Å². The largest absolute Gasteiger partial charge is 0.491 e. The molecule has 0 unspecified atom stereocenters. The van der Waals surface area contributed by atoms with E-state index in [0.717, 1.165) is 5.41 Å². The molecule has 1 aromatic rings. The highest BCUT2D eigenvalue weighted by atomic mass is 32.2. The summed E-state index contributed by atoms with van der Waals surface area (Å²) in [5.74, 6) is 0.571. The molecule has 0 amide bonds. The Kier molecular flexibility index (Phi) is 9.93. The molecule has 1 rings (SSSR count). The highest BCUT2D eigenvalue weighted by Gasteiger charge is 2.03. The Morgan fingerprint density at radius 2 is 1.44 bits per heavy atom. The van der Waals surface area contributed by atoms with E-state index in [9.17, 15) is 8.42 Å². The van der Waals surface area contributed by atoms with Crippen molar-refractivity contribution in [2.75, 3.05) is 63.5 Å². The van der Waals surface area contributed by atoms with Crippen molar-refractivity contribution in [1.82, 2.24) is 0 Å².